The number of carbonyl (C=O) groups excluding carboxylic acids is 3. The molecule has 178 valence electrons. The van der Waals surface area contributed by atoms with E-state index < -0.39 is 48.5 Å². The number of carbonyl (C=O) groups is 4. The highest BCUT2D eigenvalue weighted by atomic mass is 16.4. The molecule has 11 nitrogen and oxygen atoms in total. The van der Waals surface area contributed by atoms with Crippen LogP contribution in [0.25, 0.3) is 0 Å². The van der Waals surface area contributed by atoms with Crippen molar-refractivity contribution in [2.45, 2.75) is 52.2 Å². The molecule has 11 heteroatoms. The number of carboxylic acid groups (broad SMARTS) is 1. The number of benzene rings is 1. The molecule has 1 aromatic carbocycles. The second kappa shape index (κ2) is 12.5. The minimum Gasteiger partial charge on any atom is -0.480 e. The predicted octanol–water partition coefficient (Wildman–Crippen LogP) is 0.508. The lowest BCUT2D eigenvalue weighted by Gasteiger charge is -2.26. The quantitative estimate of drug-likeness (QED) is 0.239. The average Bonchev–Trinajstić information content (AvgIpc) is 2.68. The Balaban J connectivity index is 2.84. The molecule has 0 fully saturated rings. The number of nitrogens with two attached hydrogens (primary N) is 1. The second-order valence-corrected chi connectivity index (χ2v) is 8.22. The largest absolute Gasteiger partial charge is 0.480 e. The summed E-state index contributed by atoms with van der Waals surface area (Å²) in [4.78, 5) is 48.9. The van der Waals surface area contributed by atoms with E-state index in [-0.39, 0.29) is 18.3 Å². The third-order valence-corrected chi connectivity index (χ3v) is 4.52. The Labute approximate surface area is 187 Å². The van der Waals surface area contributed by atoms with E-state index in [1.165, 1.54) is 6.07 Å². The number of carboxylic acids is 1. The number of nitrogens with one attached hydrogen (secondary N) is 4. The highest BCUT2D eigenvalue weighted by Gasteiger charge is 2.31. The van der Waals surface area contributed by atoms with Crippen molar-refractivity contribution < 1.29 is 29.4 Å². The van der Waals surface area contributed by atoms with E-state index in [0.29, 0.717) is 11.4 Å². The Kier molecular flexibility index (Phi) is 10.4. The van der Waals surface area contributed by atoms with Crippen molar-refractivity contribution in [2.24, 2.45) is 11.8 Å². The molecule has 32 heavy (non-hydrogen) atoms. The first kappa shape index (κ1) is 26.7. The number of nitrogen functional groups attached to an aromatic ring is 1. The highest BCUT2D eigenvalue weighted by molar-refractivity contribution is 5.96. The van der Waals surface area contributed by atoms with Gasteiger partial charge in [0.2, 0.25) is 11.8 Å². The zero-order valence-electron chi connectivity index (χ0n) is 18.7. The third kappa shape index (κ3) is 8.80. The number of hydrogen-bond donors (Lipinski definition) is 7. The molecule has 0 radical (unpaired) electrons. The number of hydrogen-bond acceptors (Lipinski definition) is 6. The predicted molar refractivity (Wildman–Crippen MR) is 120 cm³/mol. The van der Waals surface area contributed by atoms with Gasteiger partial charge < -0.3 is 37.2 Å². The third-order valence-electron chi connectivity index (χ3n) is 4.52. The van der Waals surface area contributed by atoms with E-state index in [1.807, 2.05) is 13.8 Å². The lowest BCUT2D eigenvalue weighted by Crippen LogP contribution is -2.57. The number of aliphatic carboxylic acids is 1. The first-order valence-corrected chi connectivity index (χ1v) is 10.3. The van der Waals surface area contributed by atoms with E-state index in [2.05, 4.69) is 21.3 Å². The van der Waals surface area contributed by atoms with Gasteiger partial charge in [0.05, 0.1) is 6.61 Å². The van der Waals surface area contributed by atoms with Gasteiger partial charge in [-0.1, -0.05) is 33.8 Å². The summed E-state index contributed by atoms with van der Waals surface area (Å²) in [6.45, 7) is 6.27. The SMILES string of the molecule is CC(C)C[C@H](NC(=O)[C@H](CO)NC(=O)Nc1cccc(N)c1)C(=O)N[C@H](C(=O)O)C(C)C. The lowest BCUT2D eigenvalue weighted by molar-refractivity contribution is -0.143. The molecule has 0 saturated carbocycles. The van der Waals surface area contributed by atoms with Gasteiger partial charge in [0.1, 0.15) is 18.1 Å². The Morgan fingerprint density at radius 3 is 2.09 bits per heavy atom. The van der Waals surface area contributed by atoms with Crippen LogP contribution in [0.15, 0.2) is 24.3 Å². The molecule has 8 N–H and O–H groups in total. The van der Waals surface area contributed by atoms with Gasteiger partial charge in [-0.05, 0) is 36.5 Å². The van der Waals surface area contributed by atoms with Crippen LogP contribution in [-0.2, 0) is 14.4 Å². The molecule has 0 aromatic heterocycles. The summed E-state index contributed by atoms with van der Waals surface area (Å²) in [6, 6.07) is 2.14. The Hall–Kier alpha value is -3.34. The smallest absolute Gasteiger partial charge is 0.326 e. The van der Waals surface area contributed by atoms with E-state index in [1.54, 1.807) is 32.0 Å². The van der Waals surface area contributed by atoms with Gasteiger partial charge >= 0.3 is 12.0 Å². The molecule has 0 saturated heterocycles. The number of aliphatic hydroxyl groups excluding tert-OH is 1. The summed E-state index contributed by atoms with van der Waals surface area (Å²) >= 11 is 0. The highest BCUT2D eigenvalue weighted by Crippen LogP contribution is 2.12. The van der Waals surface area contributed by atoms with E-state index >= 15 is 0 Å². The van der Waals surface area contributed by atoms with E-state index in [9.17, 15) is 29.4 Å². The van der Waals surface area contributed by atoms with Crippen LogP contribution in [0.2, 0.25) is 0 Å². The van der Waals surface area contributed by atoms with Crippen molar-refractivity contribution in [3.63, 3.8) is 0 Å². The molecule has 4 amide bonds. The van der Waals surface area contributed by atoms with Crippen molar-refractivity contribution in [3.8, 4) is 0 Å². The molecule has 0 aliphatic rings. The molecule has 0 unspecified atom stereocenters. The number of rotatable bonds is 11. The summed E-state index contributed by atoms with van der Waals surface area (Å²) in [5, 5.41) is 28.6. The van der Waals surface area contributed by atoms with Crippen LogP contribution in [-0.4, -0.2) is 58.8 Å². The Morgan fingerprint density at radius 1 is 0.969 bits per heavy atom. The molecule has 0 aliphatic carbocycles. The normalized spacial score (nSPS) is 13.7. The number of aliphatic hydroxyl groups is 1. The maximum absolute atomic E-state index is 12.7. The van der Waals surface area contributed by atoms with Crippen molar-refractivity contribution in [1.82, 2.24) is 16.0 Å². The van der Waals surface area contributed by atoms with Crippen molar-refractivity contribution >= 4 is 35.2 Å². The van der Waals surface area contributed by atoms with Crippen molar-refractivity contribution in [3.05, 3.63) is 24.3 Å². The lowest BCUT2D eigenvalue weighted by atomic mass is 10.00. The standard InChI is InChI=1S/C21H33N5O6/c1-11(2)8-15(18(28)26-17(12(3)4)20(30)31)24-19(29)16(10-27)25-21(32)23-14-7-5-6-13(22)9-14/h5-7,9,11-12,15-17,27H,8,10,22H2,1-4H3,(H,24,29)(H,26,28)(H,30,31)(H2,23,25,32)/t15-,16-,17-/m0/s1. The van der Waals surface area contributed by atoms with E-state index in [4.69, 9.17) is 5.73 Å². The number of urea groups is 1. The molecule has 3 atom stereocenters. The fourth-order valence-corrected chi connectivity index (χ4v) is 2.88. The molecule has 1 rings (SSSR count). The molecule has 0 heterocycles. The molecule has 1 aromatic rings. The van der Waals surface area contributed by atoms with Gasteiger partial charge in [0, 0.05) is 11.4 Å². The molecule has 0 spiro atoms. The van der Waals surface area contributed by atoms with Crippen LogP contribution in [0, 0.1) is 11.8 Å². The van der Waals surface area contributed by atoms with Gasteiger partial charge in [-0.3, -0.25) is 9.59 Å². The van der Waals surface area contributed by atoms with Crippen LogP contribution in [0.4, 0.5) is 16.2 Å². The zero-order chi connectivity index (χ0) is 24.4. The molecule has 0 bridgehead atoms. The first-order chi connectivity index (χ1) is 14.9. The summed E-state index contributed by atoms with van der Waals surface area (Å²) in [5.41, 5.74) is 6.48. The second-order valence-electron chi connectivity index (χ2n) is 8.22. The fourth-order valence-electron chi connectivity index (χ4n) is 2.88. The van der Waals surface area contributed by atoms with Gasteiger partial charge in [0.25, 0.3) is 0 Å². The molecule has 0 aliphatic heterocycles. The maximum atomic E-state index is 12.7. The van der Waals surface area contributed by atoms with E-state index in [0.717, 1.165) is 0 Å². The fraction of sp³-hybridized carbons (Fsp3) is 0.524. The minimum atomic E-state index is -1.33. The van der Waals surface area contributed by atoms with Crippen LogP contribution < -0.4 is 27.0 Å². The van der Waals surface area contributed by atoms with Gasteiger partial charge in [0.15, 0.2) is 0 Å². The van der Waals surface area contributed by atoms with Crippen molar-refractivity contribution in [2.75, 3.05) is 17.7 Å². The zero-order valence-corrected chi connectivity index (χ0v) is 18.7. The summed E-state index contributed by atoms with van der Waals surface area (Å²) in [6.07, 6.45) is 0.232. The van der Waals surface area contributed by atoms with Crippen LogP contribution in [0.1, 0.15) is 34.1 Å². The van der Waals surface area contributed by atoms with Crippen LogP contribution in [0.5, 0.6) is 0 Å². The van der Waals surface area contributed by atoms with Gasteiger partial charge in [-0.25, -0.2) is 9.59 Å². The van der Waals surface area contributed by atoms with Crippen molar-refractivity contribution in [1.29, 1.82) is 0 Å². The maximum Gasteiger partial charge on any atom is 0.326 e. The Morgan fingerprint density at radius 2 is 1.59 bits per heavy atom. The first-order valence-electron chi connectivity index (χ1n) is 10.3. The minimum absolute atomic E-state index is 0.000696. The average molecular weight is 452 g/mol. The Bertz CT molecular complexity index is 814. The monoisotopic (exact) mass is 451 g/mol. The summed E-state index contributed by atoms with van der Waals surface area (Å²) < 4.78 is 0. The number of anilines is 2. The van der Waals surface area contributed by atoms with Gasteiger partial charge in [-0.2, -0.15) is 0 Å². The van der Waals surface area contributed by atoms with Crippen LogP contribution in [0.3, 0.4) is 0 Å². The summed E-state index contributed by atoms with van der Waals surface area (Å²) in [5.74, 6) is -2.99. The molecular weight excluding hydrogens is 418 g/mol. The topological polar surface area (TPSA) is 183 Å². The van der Waals surface area contributed by atoms with Crippen LogP contribution >= 0.6 is 0 Å². The molecular formula is C21H33N5O6. The number of amides is 4. The summed E-state index contributed by atoms with van der Waals surface area (Å²) in [7, 11) is 0. The van der Waals surface area contributed by atoms with Gasteiger partial charge in [-0.15, -0.1) is 0 Å².